The second-order valence-corrected chi connectivity index (χ2v) is 4.31. The summed E-state index contributed by atoms with van der Waals surface area (Å²) in [5.41, 5.74) is 2.14. The molecule has 1 rings (SSSR count). The largest absolute Gasteiger partial charge is 0.414 e. The molecule has 0 aliphatic carbocycles. The number of carbonyl (C=O) groups is 1. The van der Waals surface area contributed by atoms with Gasteiger partial charge in [-0.2, -0.15) is 0 Å². The second-order valence-electron chi connectivity index (χ2n) is 4.31. The summed E-state index contributed by atoms with van der Waals surface area (Å²) < 4.78 is 5.31. The maximum atomic E-state index is 11.5. The molecule has 0 atom stereocenters. The smallest absolute Gasteiger partial charge is 0.408 e. The fourth-order valence-corrected chi connectivity index (χ4v) is 1.40. The van der Waals surface area contributed by atoms with Gasteiger partial charge in [0.15, 0.2) is 5.75 Å². The van der Waals surface area contributed by atoms with E-state index in [1.54, 1.807) is 14.1 Å². The Morgan fingerprint density at radius 2 is 1.88 bits per heavy atom. The van der Waals surface area contributed by atoms with Crippen LogP contribution in [0.2, 0.25) is 0 Å². The Morgan fingerprint density at radius 1 is 1.24 bits per heavy atom. The van der Waals surface area contributed by atoms with E-state index in [0.29, 0.717) is 5.75 Å². The molecule has 0 spiro atoms. The van der Waals surface area contributed by atoms with Crippen molar-refractivity contribution in [1.82, 2.24) is 4.90 Å². The molecule has 4 nitrogen and oxygen atoms in total. The maximum absolute atomic E-state index is 11.5. The molecule has 1 amide bonds. The minimum atomic E-state index is -0.364. The van der Waals surface area contributed by atoms with Gasteiger partial charge in [0.25, 0.3) is 0 Å². The minimum absolute atomic E-state index is 0.364. The summed E-state index contributed by atoms with van der Waals surface area (Å²) in [5.74, 6) is 0.589. The van der Waals surface area contributed by atoms with Gasteiger partial charge >= 0.3 is 6.09 Å². The lowest BCUT2D eigenvalue weighted by molar-refractivity contribution is 0.172. The molecular formula is C13H20N2O2. The number of nitrogens with zero attached hydrogens (tertiary/aromatic N) is 2. The predicted molar refractivity (Wildman–Crippen MR) is 69.9 cm³/mol. The third-order valence-electron chi connectivity index (χ3n) is 2.48. The summed E-state index contributed by atoms with van der Waals surface area (Å²) in [6, 6.07) is 5.86. The topological polar surface area (TPSA) is 32.8 Å². The van der Waals surface area contributed by atoms with Crippen LogP contribution in [0, 0.1) is 0 Å². The summed E-state index contributed by atoms with van der Waals surface area (Å²) in [7, 11) is 7.19. The quantitative estimate of drug-likeness (QED) is 0.807. The van der Waals surface area contributed by atoms with E-state index in [0.717, 1.165) is 12.1 Å². The maximum Gasteiger partial charge on any atom is 0.414 e. The average Bonchev–Trinajstić information content (AvgIpc) is 2.29. The van der Waals surface area contributed by atoms with Crippen molar-refractivity contribution in [3.05, 3.63) is 23.8 Å². The molecule has 0 saturated carbocycles. The number of benzene rings is 1. The molecule has 0 aromatic heterocycles. The molecule has 0 saturated heterocycles. The van der Waals surface area contributed by atoms with E-state index in [-0.39, 0.29) is 6.09 Å². The van der Waals surface area contributed by atoms with Crippen molar-refractivity contribution in [3.8, 4) is 5.75 Å². The molecule has 0 radical (unpaired) electrons. The summed E-state index contributed by atoms with van der Waals surface area (Å²) in [4.78, 5) is 14.9. The van der Waals surface area contributed by atoms with Crippen molar-refractivity contribution in [2.45, 2.75) is 13.3 Å². The molecule has 0 aliphatic heterocycles. The Balaban J connectivity index is 3.02. The van der Waals surface area contributed by atoms with Crippen LogP contribution in [0.25, 0.3) is 0 Å². The Bertz CT molecular complexity index is 400. The van der Waals surface area contributed by atoms with Gasteiger partial charge in [0.05, 0.1) is 5.69 Å². The molecule has 4 heteroatoms. The van der Waals surface area contributed by atoms with Gasteiger partial charge < -0.3 is 14.5 Å². The minimum Gasteiger partial charge on any atom is -0.408 e. The number of aryl methyl sites for hydroxylation is 1. The lowest BCUT2D eigenvalue weighted by atomic mass is 10.1. The summed E-state index contributed by atoms with van der Waals surface area (Å²) in [5, 5.41) is 0. The van der Waals surface area contributed by atoms with E-state index in [4.69, 9.17) is 4.74 Å². The lowest BCUT2D eigenvalue weighted by Gasteiger charge is -2.19. The van der Waals surface area contributed by atoms with Crippen LogP contribution in [0.1, 0.15) is 12.5 Å². The van der Waals surface area contributed by atoms with Crippen LogP contribution >= 0.6 is 0 Å². The average molecular weight is 236 g/mol. The van der Waals surface area contributed by atoms with Crippen LogP contribution in [-0.4, -0.2) is 39.2 Å². The zero-order valence-electron chi connectivity index (χ0n) is 11.2. The van der Waals surface area contributed by atoms with Crippen molar-refractivity contribution in [2.75, 3.05) is 33.1 Å². The van der Waals surface area contributed by atoms with Crippen LogP contribution < -0.4 is 9.64 Å². The highest BCUT2D eigenvalue weighted by molar-refractivity contribution is 5.73. The molecule has 0 fully saturated rings. The van der Waals surface area contributed by atoms with E-state index >= 15 is 0 Å². The van der Waals surface area contributed by atoms with Gasteiger partial charge in [-0.15, -0.1) is 0 Å². The zero-order valence-corrected chi connectivity index (χ0v) is 11.2. The molecule has 17 heavy (non-hydrogen) atoms. The van der Waals surface area contributed by atoms with Crippen LogP contribution in [0.3, 0.4) is 0 Å². The third kappa shape index (κ3) is 3.37. The molecule has 0 N–H and O–H groups in total. The van der Waals surface area contributed by atoms with E-state index in [1.807, 2.05) is 37.2 Å². The van der Waals surface area contributed by atoms with E-state index in [2.05, 4.69) is 6.92 Å². The lowest BCUT2D eigenvalue weighted by Crippen LogP contribution is -2.26. The number of rotatable bonds is 3. The van der Waals surface area contributed by atoms with Gasteiger partial charge in [-0.1, -0.05) is 13.0 Å². The number of anilines is 1. The van der Waals surface area contributed by atoms with Crippen molar-refractivity contribution in [2.24, 2.45) is 0 Å². The molecule has 0 aliphatic rings. The van der Waals surface area contributed by atoms with E-state index in [9.17, 15) is 4.79 Å². The standard InChI is InChI=1S/C13H20N2O2/c1-6-10-7-8-12(11(9-10)14(2)3)17-13(16)15(4)5/h7-9H,6H2,1-5H3. The van der Waals surface area contributed by atoms with Crippen LogP contribution in [-0.2, 0) is 6.42 Å². The number of hydrogen-bond donors (Lipinski definition) is 0. The second kappa shape index (κ2) is 5.57. The van der Waals surface area contributed by atoms with Crippen molar-refractivity contribution in [1.29, 1.82) is 0 Å². The molecule has 0 unspecified atom stereocenters. The molecule has 94 valence electrons. The van der Waals surface area contributed by atoms with Crippen molar-refractivity contribution in [3.63, 3.8) is 0 Å². The molecular weight excluding hydrogens is 216 g/mol. The highest BCUT2D eigenvalue weighted by Gasteiger charge is 2.12. The molecule has 0 bridgehead atoms. The predicted octanol–water partition coefficient (Wildman–Crippen LogP) is 2.38. The van der Waals surface area contributed by atoms with Gasteiger partial charge in [-0.25, -0.2) is 4.79 Å². The fourth-order valence-electron chi connectivity index (χ4n) is 1.40. The first-order valence-electron chi connectivity index (χ1n) is 5.65. The summed E-state index contributed by atoms with van der Waals surface area (Å²) in [6.45, 7) is 2.10. The van der Waals surface area contributed by atoms with Gasteiger partial charge in [0.2, 0.25) is 0 Å². The summed E-state index contributed by atoms with van der Waals surface area (Å²) in [6.07, 6.45) is 0.597. The van der Waals surface area contributed by atoms with Gasteiger partial charge in [-0.05, 0) is 24.1 Å². The Labute approximate surface area is 103 Å². The van der Waals surface area contributed by atoms with Gasteiger partial charge in [-0.3, -0.25) is 0 Å². The van der Waals surface area contributed by atoms with E-state index in [1.165, 1.54) is 10.5 Å². The Morgan fingerprint density at radius 3 is 2.35 bits per heavy atom. The van der Waals surface area contributed by atoms with Gasteiger partial charge in [0, 0.05) is 28.2 Å². The number of amides is 1. The normalized spacial score (nSPS) is 9.94. The Hall–Kier alpha value is -1.71. The van der Waals surface area contributed by atoms with Gasteiger partial charge in [0.1, 0.15) is 0 Å². The monoisotopic (exact) mass is 236 g/mol. The highest BCUT2D eigenvalue weighted by atomic mass is 16.6. The zero-order chi connectivity index (χ0) is 13.0. The number of ether oxygens (including phenoxy) is 1. The first-order chi connectivity index (χ1) is 7.95. The third-order valence-corrected chi connectivity index (χ3v) is 2.48. The van der Waals surface area contributed by atoms with Crippen LogP contribution in [0.15, 0.2) is 18.2 Å². The SMILES string of the molecule is CCc1ccc(OC(=O)N(C)C)c(N(C)C)c1. The first-order valence-corrected chi connectivity index (χ1v) is 5.65. The molecule has 0 heterocycles. The first kappa shape index (κ1) is 13.4. The van der Waals surface area contributed by atoms with Crippen molar-refractivity contribution < 1.29 is 9.53 Å². The highest BCUT2D eigenvalue weighted by Crippen LogP contribution is 2.28. The Kier molecular flexibility index (Phi) is 4.37. The number of carbonyl (C=O) groups excluding carboxylic acids is 1. The fraction of sp³-hybridized carbons (Fsp3) is 0.462. The van der Waals surface area contributed by atoms with Crippen LogP contribution in [0.4, 0.5) is 10.5 Å². The number of hydrogen-bond acceptors (Lipinski definition) is 3. The summed E-state index contributed by atoms with van der Waals surface area (Å²) >= 11 is 0. The molecule has 1 aromatic rings. The molecule has 1 aromatic carbocycles. The van der Waals surface area contributed by atoms with Crippen molar-refractivity contribution >= 4 is 11.8 Å². The van der Waals surface area contributed by atoms with Crippen LogP contribution in [0.5, 0.6) is 5.75 Å². The van der Waals surface area contributed by atoms with E-state index < -0.39 is 0 Å².